The summed E-state index contributed by atoms with van der Waals surface area (Å²) in [5, 5.41) is 10.2. The van der Waals surface area contributed by atoms with Crippen molar-refractivity contribution in [2.24, 2.45) is 10.8 Å². The molecule has 4 rings (SSSR count). The summed E-state index contributed by atoms with van der Waals surface area (Å²) in [5.41, 5.74) is 13.2. The molecule has 4 N–H and O–H groups in total. The Bertz CT molecular complexity index is 795. The predicted octanol–water partition coefficient (Wildman–Crippen LogP) is 2.62. The van der Waals surface area contributed by atoms with E-state index in [0.29, 0.717) is 5.82 Å². The highest BCUT2D eigenvalue weighted by atomic mass is 15.5. The molecule has 0 atom stereocenters. The van der Waals surface area contributed by atoms with Crippen LogP contribution in [0.2, 0.25) is 0 Å². The van der Waals surface area contributed by atoms with Crippen LogP contribution < -0.4 is 16.5 Å². The van der Waals surface area contributed by atoms with Crippen LogP contribution in [0.5, 0.6) is 0 Å². The fourth-order valence-corrected chi connectivity index (χ4v) is 2.32. The van der Waals surface area contributed by atoms with Crippen molar-refractivity contribution in [1.29, 1.82) is 0 Å². The van der Waals surface area contributed by atoms with Crippen molar-refractivity contribution in [2.45, 2.75) is 6.42 Å². The summed E-state index contributed by atoms with van der Waals surface area (Å²) in [6.07, 6.45) is 2.71. The van der Waals surface area contributed by atoms with E-state index in [1.165, 1.54) is 0 Å². The van der Waals surface area contributed by atoms with E-state index in [1.807, 2.05) is 71.9 Å². The number of amidine groups is 1. The van der Waals surface area contributed by atoms with Crippen LogP contribution in [0.3, 0.4) is 0 Å². The van der Waals surface area contributed by atoms with Gasteiger partial charge in [-0.05, 0) is 24.3 Å². The molecule has 1 aromatic heterocycles. The molecule has 0 amide bonds. The van der Waals surface area contributed by atoms with E-state index >= 15 is 0 Å². The highest BCUT2D eigenvalue weighted by molar-refractivity contribution is 5.84. The first-order valence-corrected chi connectivity index (χ1v) is 7.74. The maximum Gasteiger partial charge on any atom is 0.145 e. The Balaban J connectivity index is 0.000000141. The molecule has 0 saturated carbocycles. The molecule has 0 bridgehead atoms. The lowest BCUT2D eigenvalue weighted by atomic mass is 10.3. The van der Waals surface area contributed by atoms with Gasteiger partial charge in [0.05, 0.1) is 11.4 Å². The van der Waals surface area contributed by atoms with Gasteiger partial charge in [-0.25, -0.2) is 4.68 Å². The molecule has 0 radical (unpaired) electrons. The second-order valence-corrected chi connectivity index (χ2v) is 5.32. The van der Waals surface area contributed by atoms with Gasteiger partial charge in [0.1, 0.15) is 11.7 Å². The first-order valence-electron chi connectivity index (χ1n) is 7.74. The quantitative estimate of drug-likeness (QED) is 0.760. The van der Waals surface area contributed by atoms with Crippen molar-refractivity contribution in [3.05, 3.63) is 72.9 Å². The maximum absolute atomic E-state index is 5.57. The Kier molecular flexibility index (Phi) is 4.76. The number of nitrogen functional groups attached to an aromatic ring is 1. The van der Waals surface area contributed by atoms with Crippen LogP contribution in [-0.4, -0.2) is 22.2 Å². The fraction of sp³-hybridized carbons (Fsp3) is 0.111. The number of hydrogen-bond acceptors (Lipinski definition) is 5. The van der Waals surface area contributed by atoms with Gasteiger partial charge in [0, 0.05) is 25.2 Å². The van der Waals surface area contributed by atoms with Gasteiger partial charge in [-0.15, -0.1) is 0 Å². The molecule has 1 aliphatic heterocycles. The van der Waals surface area contributed by atoms with Crippen LogP contribution in [0, 0.1) is 0 Å². The van der Waals surface area contributed by atoms with Gasteiger partial charge in [-0.1, -0.05) is 36.4 Å². The maximum atomic E-state index is 5.57. The van der Waals surface area contributed by atoms with Crippen molar-refractivity contribution in [1.82, 2.24) is 9.78 Å². The Morgan fingerprint density at radius 3 is 1.92 bits per heavy atom. The van der Waals surface area contributed by atoms with Gasteiger partial charge in [0.15, 0.2) is 0 Å². The highest BCUT2D eigenvalue weighted by Crippen LogP contribution is 2.16. The number of anilines is 2. The molecule has 6 nitrogen and oxygen atoms in total. The van der Waals surface area contributed by atoms with Gasteiger partial charge in [0.2, 0.25) is 0 Å². The van der Waals surface area contributed by atoms with E-state index in [4.69, 9.17) is 11.5 Å². The molecule has 24 heavy (non-hydrogen) atoms. The third-order valence-corrected chi connectivity index (χ3v) is 3.51. The first-order chi connectivity index (χ1) is 11.7. The van der Waals surface area contributed by atoms with Gasteiger partial charge < -0.3 is 11.5 Å². The van der Waals surface area contributed by atoms with Crippen LogP contribution in [-0.2, 0) is 0 Å². The molecule has 2 aromatic carbocycles. The summed E-state index contributed by atoms with van der Waals surface area (Å²) in [7, 11) is 0. The first kappa shape index (κ1) is 15.6. The molecule has 0 aliphatic carbocycles. The minimum atomic E-state index is 0.541. The third kappa shape index (κ3) is 3.92. The number of aromatic nitrogens is 2. The van der Waals surface area contributed by atoms with Crippen molar-refractivity contribution in [3.63, 3.8) is 0 Å². The summed E-state index contributed by atoms with van der Waals surface area (Å²) in [4.78, 5) is 0. The van der Waals surface area contributed by atoms with E-state index in [-0.39, 0.29) is 0 Å². The Morgan fingerprint density at radius 2 is 1.42 bits per heavy atom. The number of nitrogens with two attached hydrogens (primary N) is 2. The molecular weight excluding hydrogens is 300 g/mol. The summed E-state index contributed by atoms with van der Waals surface area (Å²) >= 11 is 0. The van der Waals surface area contributed by atoms with Crippen LogP contribution in [0.4, 0.5) is 11.5 Å². The number of hydrazone groups is 1. The van der Waals surface area contributed by atoms with E-state index in [1.54, 1.807) is 10.7 Å². The van der Waals surface area contributed by atoms with Crippen LogP contribution >= 0.6 is 0 Å². The molecule has 0 unspecified atom stereocenters. The van der Waals surface area contributed by atoms with Gasteiger partial charge >= 0.3 is 0 Å². The standard InChI is InChI=1S/C9H11N3.C9H9N3/c2*10-9-6-7-12(11-9)8-4-2-1-3-5-8/h1-5H,6-7H2,(H2,10,11);1-7H,(H2,10,11). The van der Waals surface area contributed by atoms with E-state index in [0.717, 1.165) is 30.2 Å². The second kappa shape index (κ2) is 7.32. The van der Waals surface area contributed by atoms with Crippen LogP contribution in [0.1, 0.15) is 6.42 Å². The molecule has 122 valence electrons. The molecule has 0 fully saturated rings. The van der Waals surface area contributed by atoms with E-state index in [2.05, 4.69) is 10.2 Å². The van der Waals surface area contributed by atoms with Gasteiger partial charge in [0.25, 0.3) is 0 Å². The topological polar surface area (TPSA) is 85.5 Å². The monoisotopic (exact) mass is 320 g/mol. The van der Waals surface area contributed by atoms with Crippen molar-refractivity contribution >= 4 is 17.3 Å². The molecule has 6 heteroatoms. The zero-order chi connectivity index (χ0) is 16.8. The minimum absolute atomic E-state index is 0.541. The largest absolute Gasteiger partial charge is 0.386 e. The summed E-state index contributed by atoms with van der Waals surface area (Å²) in [5.74, 6) is 1.26. The number of hydrogen-bond donors (Lipinski definition) is 2. The van der Waals surface area contributed by atoms with Crippen LogP contribution in [0.25, 0.3) is 5.69 Å². The molecule has 2 heterocycles. The molecule has 3 aromatic rings. The Labute approximate surface area is 141 Å². The summed E-state index contributed by atoms with van der Waals surface area (Å²) in [6, 6.07) is 21.7. The normalized spacial score (nSPS) is 13.2. The van der Waals surface area contributed by atoms with Gasteiger partial charge in [-0.3, -0.25) is 5.01 Å². The summed E-state index contributed by atoms with van der Waals surface area (Å²) in [6.45, 7) is 0.899. The number of nitrogens with zero attached hydrogens (tertiary/aromatic N) is 4. The zero-order valence-electron chi connectivity index (χ0n) is 13.3. The Morgan fingerprint density at radius 1 is 0.792 bits per heavy atom. The number of para-hydroxylation sites is 2. The minimum Gasteiger partial charge on any atom is -0.386 e. The lowest BCUT2D eigenvalue weighted by Gasteiger charge is -2.12. The number of rotatable bonds is 2. The van der Waals surface area contributed by atoms with Crippen molar-refractivity contribution < 1.29 is 0 Å². The van der Waals surface area contributed by atoms with E-state index in [9.17, 15) is 0 Å². The lowest BCUT2D eigenvalue weighted by Crippen LogP contribution is -2.11. The summed E-state index contributed by atoms with van der Waals surface area (Å²) < 4.78 is 1.75. The second-order valence-electron chi connectivity index (χ2n) is 5.32. The zero-order valence-corrected chi connectivity index (χ0v) is 13.3. The SMILES string of the molecule is NC1=NN(c2ccccc2)CC1.Nc1ccn(-c2ccccc2)n1. The van der Waals surface area contributed by atoms with Crippen molar-refractivity contribution in [3.8, 4) is 5.69 Å². The molecule has 0 saturated heterocycles. The Hall–Kier alpha value is -3.28. The fourth-order valence-electron chi connectivity index (χ4n) is 2.32. The molecule has 0 spiro atoms. The van der Waals surface area contributed by atoms with Crippen LogP contribution in [0.15, 0.2) is 78.0 Å². The van der Waals surface area contributed by atoms with Crippen molar-refractivity contribution in [2.75, 3.05) is 17.3 Å². The highest BCUT2D eigenvalue weighted by Gasteiger charge is 2.12. The average molecular weight is 320 g/mol. The smallest absolute Gasteiger partial charge is 0.145 e. The number of benzene rings is 2. The van der Waals surface area contributed by atoms with Gasteiger partial charge in [-0.2, -0.15) is 10.2 Å². The molecule has 1 aliphatic rings. The third-order valence-electron chi connectivity index (χ3n) is 3.51. The average Bonchev–Trinajstić information content (AvgIpc) is 3.26. The van der Waals surface area contributed by atoms with E-state index < -0.39 is 0 Å². The lowest BCUT2D eigenvalue weighted by molar-refractivity contribution is 0.886. The predicted molar refractivity (Wildman–Crippen MR) is 98.0 cm³/mol. The molecular formula is C18H20N6.